The van der Waals surface area contributed by atoms with Crippen molar-refractivity contribution in [2.75, 3.05) is 13.2 Å². The molecule has 0 spiro atoms. The van der Waals surface area contributed by atoms with Gasteiger partial charge in [0.25, 0.3) is 0 Å². The lowest BCUT2D eigenvalue weighted by atomic mass is 10.0. The zero-order valence-electron chi connectivity index (χ0n) is 32.0. The third-order valence-electron chi connectivity index (χ3n) is 9.58. The number of hydrogen-bond donors (Lipinski definition) is 1. The first-order valence-corrected chi connectivity index (χ1v) is 21.0. The fraction of sp³-hybridized carbons (Fsp3) is 0.952. The Hall–Kier alpha value is -1.10. The van der Waals surface area contributed by atoms with E-state index in [4.69, 9.17) is 9.47 Å². The third-order valence-corrected chi connectivity index (χ3v) is 9.58. The van der Waals surface area contributed by atoms with Crippen LogP contribution in [0.4, 0.5) is 0 Å². The number of aliphatic hydroxyl groups excluding tert-OH is 1. The molecule has 1 N–H and O–H groups in total. The molecule has 47 heavy (non-hydrogen) atoms. The van der Waals surface area contributed by atoms with Crippen molar-refractivity contribution in [2.24, 2.45) is 5.92 Å². The third kappa shape index (κ3) is 37.6. The molecule has 0 unspecified atom stereocenters. The molecule has 1 atom stereocenters. The molecule has 0 aliphatic rings. The van der Waals surface area contributed by atoms with Crippen molar-refractivity contribution >= 4 is 11.9 Å². The Morgan fingerprint density at radius 2 is 0.787 bits per heavy atom. The van der Waals surface area contributed by atoms with E-state index in [9.17, 15) is 14.7 Å². The largest absolute Gasteiger partial charge is 0.462 e. The minimum absolute atomic E-state index is 0.0575. The van der Waals surface area contributed by atoms with Crippen molar-refractivity contribution in [3.63, 3.8) is 0 Å². The van der Waals surface area contributed by atoms with Gasteiger partial charge >= 0.3 is 11.9 Å². The molecule has 0 saturated carbocycles. The minimum atomic E-state index is -0.762. The van der Waals surface area contributed by atoms with Gasteiger partial charge in [-0.15, -0.1) is 0 Å². The topological polar surface area (TPSA) is 72.8 Å². The molecular weight excluding hydrogens is 584 g/mol. The summed E-state index contributed by atoms with van der Waals surface area (Å²) in [6.45, 7) is 6.52. The molecule has 0 aromatic rings. The maximum Gasteiger partial charge on any atom is 0.306 e. The van der Waals surface area contributed by atoms with E-state index >= 15 is 0 Å². The summed E-state index contributed by atoms with van der Waals surface area (Å²) in [5.74, 6) is 0.266. The van der Waals surface area contributed by atoms with E-state index in [1.54, 1.807) is 0 Å². The molecule has 0 heterocycles. The highest BCUT2D eigenvalue weighted by atomic mass is 16.6. The lowest BCUT2D eigenvalue weighted by Crippen LogP contribution is -2.28. The summed E-state index contributed by atoms with van der Waals surface area (Å²) in [5.41, 5.74) is 0. The lowest BCUT2D eigenvalue weighted by Gasteiger charge is -2.15. The smallest absolute Gasteiger partial charge is 0.306 e. The van der Waals surface area contributed by atoms with Gasteiger partial charge in [0.2, 0.25) is 0 Å². The first-order valence-electron chi connectivity index (χ1n) is 21.0. The predicted molar refractivity (Wildman–Crippen MR) is 201 cm³/mol. The molecule has 0 aliphatic carbocycles. The van der Waals surface area contributed by atoms with Gasteiger partial charge in [0, 0.05) is 12.8 Å². The maximum absolute atomic E-state index is 12.2. The molecule has 0 radical (unpaired) electrons. The van der Waals surface area contributed by atoms with E-state index in [1.807, 2.05) is 0 Å². The van der Waals surface area contributed by atoms with Gasteiger partial charge in [0.15, 0.2) is 6.10 Å². The summed E-state index contributed by atoms with van der Waals surface area (Å²) in [6, 6.07) is 0. The molecule has 5 heteroatoms. The molecule has 0 bridgehead atoms. The summed E-state index contributed by atoms with van der Waals surface area (Å²) in [5, 5.41) is 9.56. The number of hydrogen-bond acceptors (Lipinski definition) is 5. The van der Waals surface area contributed by atoms with Crippen LogP contribution in [-0.4, -0.2) is 36.4 Å². The van der Waals surface area contributed by atoms with Crippen molar-refractivity contribution in [3.05, 3.63) is 0 Å². The number of unbranched alkanes of at least 4 members (excludes halogenated alkanes) is 28. The number of aliphatic hydroxyl groups is 1. The van der Waals surface area contributed by atoms with E-state index in [0.717, 1.165) is 38.0 Å². The van der Waals surface area contributed by atoms with E-state index in [0.29, 0.717) is 12.8 Å². The SMILES string of the molecule is CCCCCCCCCCCCCCCCCCCCC(=O)OC[C@H](CO)OC(=O)CCCCCCCCCCCCCCC(C)C. The van der Waals surface area contributed by atoms with E-state index in [-0.39, 0.29) is 25.2 Å². The van der Waals surface area contributed by atoms with Crippen LogP contribution in [0.5, 0.6) is 0 Å². The fourth-order valence-corrected chi connectivity index (χ4v) is 6.39. The molecule has 0 aromatic carbocycles. The van der Waals surface area contributed by atoms with Crippen LogP contribution < -0.4 is 0 Å². The lowest BCUT2D eigenvalue weighted by molar-refractivity contribution is -0.161. The average Bonchev–Trinajstić information content (AvgIpc) is 3.06. The first kappa shape index (κ1) is 45.9. The average molecular weight is 667 g/mol. The Bertz CT molecular complexity index is 649. The first-order chi connectivity index (χ1) is 23.0. The van der Waals surface area contributed by atoms with Gasteiger partial charge in [0.1, 0.15) is 6.61 Å². The van der Waals surface area contributed by atoms with Crippen molar-refractivity contribution in [2.45, 2.75) is 239 Å². The molecule has 0 aromatic heterocycles. The molecule has 0 fully saturated rings. The zero-order valence-corrected chi connectivity index (χ0v) is 32.0. The van der Waals surface area contributed by atoms with E-state index in [1.165, 1.54) is 167 Å². The standard InChI is InChI=1S/C42H82O5/c1-4-5-6-7-8-9-10-11-12-13-14-15-16-20-23-26-29-32-35-41(44)46-38-40(37-43)47-42(45)36-33-30-27-24-21-18-17-19-22-25-28-31-34-39(2)3/h39-40,43H,4-38H2,1-3H3/t40-/m0/s1. The van der Waals surface area contributed by atoms with Crippen molar-refractivity contribution in [1.82, 2.24) is 0 Å². The number of rotatable bonds is 38. The number of carbonyl (C=O) groups excluding carboxylic acids is 2. The highest BCUT2D eigenvalue weighted by molar-refractivity contribution is 5.70. The molecule has 280 valence electrons. The van der Waals surface area contributed by atoms with Crippen molar-refractivity contribution in [3.8, 4) is 0 Å². The Balaban J connectivity index is 3.48. The summed E-state index contributed by atoms with van der Waals surface area (Å²) < 4.78 is 10.6. The zero-order chi connectivity index (χ0) is 34.5. The fourth-order valence-electron chi connectivity index (χ4n) is 6.39. The second-order valence-electron chi connectivity index (χ2n) is 14.9. The second kappa shape index (κ2) is 37.7. The number of ether oxygens (including phenoxy) is 2. The van der Waals surface area contributed by atoms with Gasteiger partial charge in [-0.05, 0) is 18.8 Å². The summed E-state index contributed by atoms with van der Waals surface area (Å²) in [4.78, 5) is 24.3. The monoisotopic (exact) mass is 667 g/mol. The summed E-state index contributed by atoms with van der Waals surface area (Å²) >= 11 is 0. The van der Waals surface area contributed by atoms with Crippen LogP contribution in [0.15, 0.2) is 0 Å². The van der Waals surface area contributed by atoms with Gasteiger partial charge in [-0.2, -0.15) is 0 Å². The molecule has 0 amide bonds. The van der Waals surface area contributed by atoms with Crippen LogP contribution in [0.1, 0.15) is 233 Å². The van der Waals surface area contributed by atoms with Crippen LogP contribution in [0.2, 0.25) is 0 Å². The Labute approximate surface area is 293 Å². The van der Waals surface area contributed by atoms with Crippen LogP contribution in [0.25, 0.3) is 0 Å². The van der Waals surface area contributed by atoms with Crippen LogP contribution in [-0.2, 0) is 19.1 Å². The Morgan fingerprint density at radius 3 is 1.13 bits per heavy atom. The molecule has 0 rings (SSSR count). The summed E-state index contributed by atoms with van der Waals surface area (Å²) in [6.07, 6.45) is 40.3. The number of esters is 2. The molecular formula is C42H82O5. The number of carbonyl (C=O) groups is 2. The normalized spacial score (nSPS) is 12.1. The highest BCUT2D eigenvalue weighted by Crippen LogP contribution is 2.16. The van der Waals surface area contributed by atoms with Crippen molar-refractivity contribution < 1.29 is 24.2 Å². The van der Waals surface area contributed by atoms with Gasteiger partial charge in [-0.3, -0.25) is 9.59 Å². The van der Waals surface area contributed by atoms with Crippen LogP contribution >= 0.6 is 0 Å². The highest BCUT2D eigenvalue weighted by Gasteiger charge is 2.16. The molecule has 0 saturated heterocycles. The quantitative estimate of drug-likeness (QED) is 0.0524. The second-order valence-corrected chi connectivity index (χ2v) is 14.9. The molecule has 0 aliphatic heterocycles. The van der Waals surface area contributed by atoms with Gasteiger partial charge in [-0.25, -0.2) is 0 Å². The van der Waals surface area contributed by atoms with Gasteiger partial charge in [-0.1, -0.05) is 207 Å². The molecule has 5 nitrogen and oxygen atoms in total. The van der Waals surface area contributed by atoms with Gasteiger partial charge in [0.05, 0.1) is 6.61 Å². The van der Waals surface area contributed by atoms with E-state index < -0.39 is 6.10 Å². The van der Waals surface area contributed by atoms with Gasteiger partial charge < -0.3 is 14.6 Å². The minimum Gasteiger partial charge on any atom is -0.462 e. The van der Waals surface area contributed by atoms with E-state index in [2.05, 4.69) is 20.8 Å². The maximum atomic E-state index is 12.2. The van der Waals surface area contributed by atoms with Crippen LogP contribution in [0.3, 0.4) is 0 Å². The Kier molecular flexibility index (Phi) is 36.8. The Morgan fingerprint density at radius 1 is 0.468 bits per heavy atom. The van der Waals surface area contributed by atoms with Crippen molar-refractivity contribution in [1.29, 1.82) is 0 Å². The summed E-state index contributed by atoms with van der Waals surface area (Å²) in [7, 11) is 0. The predicted octanol–water partition coefficient (Wildman–Crippen LogP) is 13.0. The van der Waals surface area contributed by atoms with Crippen LogP contribution in [0, 0.1) is 5.92 Å².